The lowest BCUT2D eigenvalue weighted by molar-refractivity contribution is 0.251. The molecular weight excluding hydrogens is 456 g/mol. The van der Waals surface area contributed by atoms with Crippen molar-refractivity contribution in [1.82, 2.24) is 10.3 Å². The molecule has 0 atom stereocenters. The van der Waals surface area contributed by atoms with Crippen LogP contribution in [0.25, 0.3) is 0 Å². The molecule has 0 saturated carbocycles. The van der Waals surface area contributed by atoms with E-state index < -0.39 is 16.1 Å². The first kappa shape index (κ1) is 21.0. The highest BCUT2D eigenvalue weighted by molar-refractivity contribution is 9.10. The predicted octanol–water partition coefficient (Wildman–Crippen LogP) is 3.40. The molecule has 0 spiro atoms. The average Bonchev–Trinajstić information content (AvgIpc) is 2.68. The number of benzene rings is 2. The maximum absolute atomic E-state index is 12.2. The van der Waals surface area contributed by atoms with Crippen LogP contribution < -0.4 is 15.8 Å². The molecule has 0 radical (unpaired) electrons. The second kappa shape index (κ2) is 9.17. The van der Waals surface area contributed by atoms with Gasteiger partial charge in [-0.25, -0.2) is 18.4 Å². The zero-order valence-corrected chi connectivity index (χ0v) is 17.7. The zero-order valence-electron chi connectivity index (χ0n) is 15.3. The quantitative estimate of drug-likeness (QED) is 0.507. The molecule has 150 valence electrons. The van der Waals surface area contributed by atoms with Gasteiger partial charge in [-0.2, -0.15) is 0 Å². The Kier molecular flexibility index (Phi) is 6.63. The molecule has 29 heavy (non-hydrogen) atoms. The maximum atomic E-state index is 12.2. The third kappa shape index (κ3) is 5.86. The van der Waals surface area contributed by atoms with E-state index in [0.717, 1.165) is 15.6 Å². The zero-order chi connectivity index (χ0) is 20.9. The van der Waals surface area contributed by atoms with Gasteiger partial charge < -0.3 is 10.6 Å². The predicted molar refractivity (Wildman–Crippen MR) is 115 cm³/mol. The van der Waals surface area contributed by atoms with Gasteiger partial charge in [0.15, 0.2) is 0 Å². The SMILES string of the molecule is NS(=O)(=O)c1ccc(NC(=O)NCc2ccncc2)cc1Cc1ccccc1Br. The number of rotatable bonds is 6. The van der Waals surface area contributed by atoms with Gasteiger partial charge in [0.05, 0.1) is 4.90 Å². The number of urea groups is 1. The number of carbonyl (C=O) groups is 1. The Balaban J connectivity index is 1.79. The van der Waals surface area contributed by atoms with E-state index >= 15 is 0 Å². The number of nitrogens with one attached hydrogen (secondary N) is 2. The van der Waals surface area contributed by atoms with Crippen molar-refractivity contribution in [1.29, 1.82) is 0 Å². The van der Waals surface area contributed by atoms with E-state index in [1.807, 2.05) is 24.3 Å². The van der Waals surface area contributed by atoms with Crippen LogP contribution >= 0.6 is 15.9 Å². The standard InChI is InChI=1S/C20H19BrN4O3S/c21-18-4-2-1-3-15(18)11-16-12-17(5-6-19(16)29(22,27)28)25-20(26)24-13-14-7-9-23-10-8-14/h1-10,12H,11,13H2,(H2,22,27,28)(H2,24,25,26). The summed E-state index contributed by atoms with van der Waals surface area (Å²) in [6.07, 6.45) is 3.63. The van der Waals surface area contributed by atoms with Crippen LogP contribution in [0.1, 0.15) is 16.7 Å². The number of carbonyl (C=O) groups excluding carboxylic acids is 1. The lowest BCUT2D eigenvalue weighted by atomic mass is 10.0. The number of nitrogens with two attached hydrogens (primary N) is 1. The summed E-state index contributed by atoms with van der Waals surface area (Å²) in [5.74, 6) is 0. The summed E-state index contributed by atoms with van der Waals surface area (Å²) in [7, 11) is -3.91. The number of aromatic nitrogens is 1. The summed E-state index contributed by atoms with van der Waals surface area (Å²) in [5, 5.41) is 10.8. The minimum absolute atomic E-state index is 0.0241. The number of sulfonamides is 1. The minimum atomic E-state index is -3.91. The number of hydrogen-bond acceptors (Lipinski definition) is 4. The van der Waals surface area contributed by atoms with E-state index in [9.17, 15) is 13.2 Å². The highest BCUT2D eigenvalue weighted by Gasteiger charge is 2.16. The van der Waals surface area contributed by atoms with E-state index in [0.29, 0.717) is 24.2 Å². The first-order valence-corrected chi connectivity index (χ1v) is 11.0. The fourth-order valence-electron chi connectivity index (χ4n) is 2.78. The summed E-state index contributed by atoms with van der Waals surface area (Å²) in [4.78, 5) is 16.2. The van der Waals surface area contributed by atoms with Crippen molar-refractivity contribution in [3.63, 3.8) is 0 Å². The molecule has 0 aliphatic carbocycles. The summed E-state index contributed by atoms with van der Waals surface area (Å²) in [6, 6.07) is 15.2. The third-order valence-electron chi connectivity index (χ3n) is 4.17. The maximum Gasteiger partial charge on any atom is 0.319 e. The molecule has 0 saturated heterocycles. The Morgan fingerprint density at radius 3 is 2.45 bits per heavy atom. The first-order chi connectivity index (χ1) is 13.8. The molecule has 7 nitrogen and oxygen atoms in total. The van der Waals surface area contributed by atoms with Crippen molar-refractivity contribution < 1.29 is 13.2 Å². The molecule has 0 bridgehead atoms. The Bertz CT molecular complexity index is 1120. The van der Waals surface area contributed by atoms with E-state index in [2.05, 4.69) is 31.5 Å². The van der Waals surface area contributed by atoms with Crippen molar-refractivity contribution in [2.24, 2.45) is 5.14 Å². The molecule has 3 rings (SSSR count). The molecule has 0 aliphatic rings. The van der Waals surface area contributed by atoms with Gasteiger partial charge in [-0.1, -0.05) is 34.1 Å². The van der Waals surface area contributed by atoms with Gasteiger partial charge in [0, 0.05) is 29.1 Å². The molecule has 9 heteroatoms. The number of nitrogens with zero attached hydrogens (tertiary/aromatic N) is 1. The average molecular weight is 475 g/mol. The molecule has 0 unspecified atom stereocenters. The third-order valence-corrected chi connectivity index (χ3v) is 5.95. The largest absolute Gasteiger partial charge is 0.334 e. The highest BCUT2D eigenvalue weighted by Crippen LogP contribution is 2.25. The Hall–Kier alpha value is -2.75. The monoisotopic (exact) mass is 474 g/mol. The number of primary sulfonamides is 1. The van der Waals surface area contributed by atoms with Crippen LogP contribution in [-0.4, -0.2) is 19.4 Å². The van der Waals surface area contributed by atoms with Crippen LogP contribution in [0.3, 0.4) is 0 Å². The normalized spacial score (nSPS) is 11.1. The van der Waals surface area contributed by atoms with Crippen LogP contribution in [-0.2, 0) is 23.0 Å². The van der Waals surface area contributed by atoms with Crippen LogP contribution in [0, 0.1) is 0 Å². The number of amides is 2. The van der Waals surface area contributed by atoms with E-state index in [4.69, 9.17) is 5.14 Å². The van der Waals surface area contributed by atoms with E-state index in [-0.39, 0.29) is 4.90 Å². The molecule has 2 aromatic carbocycles. The topological polar surface area (TPSA) is 114 Å². The van der Waals surface area contributed by atoms with Crippen LogP contribution in [0.4, 0.5) is 10.5 Å². The molecule has 0 fully saturated rings. The van der Waals surface area contributed by atoms with Gasteiger partial charge in [-0.15, -0.1) is 0 Å². The number of halogens is 1. The fourth-order valence-corrected chi connectivity index (χ4v) is 3.96. The summed E-state index contributed by atoms with van der Waals surface area (Å²) < 4.78 is 24.8. The second-order valence-electron chi connectivity index (χ2n) is 6.30. The lowest BCUT2D eigenvalue weighted by Gasteiger charge is -2.13. The van der Waals surface area contributed by atoms with Crippen molar-refractivity contribution in [3.05, 3.63) is 88.2 Å². The van der Waals surface area contributed by atoms with Gasteiger partial charge >= 0.3 is 6.03 Å². The number of hydrogen-bond donors (Lipinski definition) is 3. The van der Waals surface area contributed by atoms with Crippen molar-refractivity contribution in [2.75, 3.05) is 5.32 Å². The van der Waals surface area contributed by atoms with E-state index in [1.54, 1.807) is 30.6 Å². The molecule has 0 aliphatic heterocycles. The lowest BCUT2D eigenvalue weighted by Crippen LogP contribution is -2.28. The van der Waals surface area contributed by atoms with Gasteiger partial charge in [0.25, 0.3) is 0 Å². The highest BCUT2D eigenvalue weighted by atomic mass is 79.9. The smallest absolute Gasteiger partial charge is 0.319 e. The number of pyridine rings is 1. The van der Waals surface area contributed by atoms with Crippen molar-refractivity contribution in [2.45, 2.75) is 17.9 Å². The molecular formula is C20H19BrN4O3S. The molecule has 3 aromatic rings. The van der Waals surface area contributed by atoms with Gasteiger partial charge in [0.2, 0.25) is 10.0 Å². The summed E-state index contributed by atoms with van der Waals surface area (Å²) in [6.45, 7) is 0.341. The summed E-state index contributed by atoms with van der Waals surface area (Å²) in [5.41, 5.74) is 2.77. The molecule has 1 aromatic heterocycles. The van der Waals surface area contributed by atoms with Crippen LogP contribution in [0.2, 0.25) is 0 Å². The second-order valence-corrected chi connectivity index (χ2v) is 8.68. The van der Waals surface area contributed by atoms with Crippen molar-refractivity contribution in [3.8, 4) is 0 Å². The number of anilines is 1. The van der Waals surface area contributed by atoms with E-state index in [1.165, 1.54) is 12.1 Å². The van der Waals surface area contributed by atoms with Gasteiger partial charge in [0.1, 0.15) is 0 Å². The minimum Gasteiger partial charge on any atom is -0.334 e. The van der Waals surface area contributed by atoms with Gasteiger partial charge in [-0.3, -0.25) is 4.98 Å². The molecule has 2 amide bonds. The fraction of sp³-hybridized carbons (Fsp3) is 0.100. The Labute approximate surface area is 177 Å². The molecule has 1 heterocycles. The molecule has 4 N–H and O–H groups in total. The summed E-state index contributed by atoms with van der Waals surface area (Å²) >= 11 is 3.47. The first-order valence-electron chi connectivity index (χ1n) is 8.66. The van der Waals surface area contributed by atoms with Crippen LogP contribution in [0.5, 0.6) is 0 Å². The Morgan fingerprint density at radius 2 is 1.76 bits per heavy atom. The van der Waals surface area contributed by atoms with Gasteiger partial charge in [-0.05, 0) is 59.5 Å². The Morgan fingerprint density at radius 1 is 1.03 bits per heavy atom. The van der Waals surface area contributed by atoms with Crippen LogP contribution in [0.15, 0.2) is 76.4 Å². The van der Waals surface area contributed by atoms with Crippen molar-refractivity contribution >= 4 is 37.7 Å².